The average Bonchev–Trinajstić information content (AvgIpc) is 2.24. The van der Waals surface area contributed by atoms with Crippen LogP contribution in [0.2, 0.25) is 0 Å². The third-order valence-corrected chi connectivity index (χ3v) is 4.11. The van der Waals surface area contributed by atoms with Gasteiger partial charge in [-0.25, -0.2) is 21.6 Å². The van der Waals surface area contributed by atoms with E-state index in [4.69, 9.17) is 11.6 Å². The van der Waals surface area contributed by atoms with Gasteiger partial charge in [0.1, 0.15) is 0 Å². The third-order valence-electron chi connectivity index (χ3n) is 2.02. The summed E-state index contributed by atoms with van der Waals surface area (Å²) in [6.45, 7) is 1.61. The topological polar surface area (TPSA) is 46.2 Å². The summed E-state index contributed by atoms with van der Waals surface area (Å²) in [5.41, 5.74) is -0.367. The lowest BCUT2D eigenvalue weighted by atomic mass is 10.3. The Kier molecular flexibility index (Phi) is 4.86. The van der Waals surface area contributed by atoms with Crippen LogP contribution in [0.4, 0.5) is 18.9 Å². The second-order valence-corrected chi connectivity index (χ2v) is 5.97. The third kappa shape index (κ3) is 4.06. The van der Waals surface area contributed by atoms with Crippen molar-refractivity contribution in [3.05, 3.63) is 29.6 Å². The minimum absolute atomic E-state index is 0.132. The highest BCUT2D eigenvalue weighted by atomic mass is 35.5. The average molecular weight is 302 g/mol. The summed E-state index contributed by atoms with van der Waals surface area (Å²) >= 11 is 5.47. The Labute approximate surface area is 108 Å². The number of hydrogen-bond acceptors (Lipinski definition) is 2. The first-order valence-electron chi connectivity index (χ1n) is 4.96. The zero-order chi connectivity index (χ0) is 13.9. The maximum atomic E-state index is 12.9. The van der Waals surface area contributed by atoms with Crippen LogP contribution in [0.15, 0.2) is 12.1 Å². The van der Waals surface area contributed by atoms with E-state index in [-0.39, 0.29) is 23.2 Å². The molecule has 0 saturated heterocycles. The van der Waals surface area contributed by atoms with Gasteiger partial charge >= 0.3 is 0 Å². The van der Waals surface area contributed by atoms with Gasteiger partial charge in [-0.05, 0) is 5.92 Å². The molecule has 1 rings (SSSR count). The molecule has 102 valence electrons. The number of sulfonamides is 1. The van der Waals surface area contributed by atoms with Crippen molar-refractivity contribution in [2.75, 3.05) is 16.4 Å². The Morgan fingerprint density at radius 3 is 2.22 bits per heavy atom. The summed E-state index contributed by atoms with van der Waals surface area (Å²) in [5.74, 6) is -5.05. The molecule has 0 aromatic heterocycles. The molecule has 0 saturated carbocycles. The lowest BCUT2D eigenvalue weighted by Gasteiger charge is -2.11. The number of hydrogen-bond donors (Lipinski definition) is 1. The lowest BCUT2D eigenvalue weighted by molar-refractivity contribution is 0.448. The number of halogens is 4. The summed E-state index contributed by atoms with van der Waals surface area (Å²) in [7, 11) is -3.78. The van der Waals surface area contributed by atoms with Crippen LogP contribution in [0, 0.1) is 23.4 Å². The van der Waals surface area contributed by atoms with Crippen molar-refractivity contribution in [1.29, 1.82) is 0 Å². The summed E-state index contributed by atoms with van der Waals surface area (Å²) in [6.07, 6.45) is 0. The van der Waals surface area contributed by atoms with E-state index in [0.29, 0.717) is 12.1 Å². The maximum Gasteiger partial charge on any atom is 0.233 e. The van der Waals surface area contributed by atoms with Gasteiger partial charge in [0.25, 0.3) is 0 Å². The fourth-order valence-electron chi connectivity index (χ4n) is 1.25. The molecule has 1 aromatic rings. The molecule has 0 heterocycles. The van der Waals surface area contributed by atoms with Gasteiger partial charge < -0.3 is 0 Å². The van der Waals surface area contributed by atoms with Gasteiger partial charge in [0.15, 0.2) is 17.5 Å². The second kappa shape index (κ2) is 5.79. The molecular weight excluding hydrogens is 291 g/mol. The fourth-order valence-corrected chi connectivity index (χ4v) is 2.92. The first kappa shape index (κ1) is 15.1. The van der Waals surface area contributed by atoms with Gasteiger partial charge in [-0.2, -0.15) is 0 Å². The van der Waals surface area contributed by atoms with Crippen LogP contribution < -0.4 is 4.72 Å². The van der Waals surface area contributed by atoms with Gasteiger partial charge in [-0.3, -0.25) is 4.72 Å². The fraction of sp³-hybridized carbons (Fsp3) is 0.400. The van der Waals surface area contributed by atoms with Gasteiger partial charge in [0, 0.05) is 18.0 Å². The van der Waals surface area contributed by atoms with Crippen molar-refractivity contribution in [2.24, 2.45) is 5.92 Å². The molecule has 0 amide bonds. The monoisotopic (exact) mass is 301 g/mol. The number of anilines is 1. The Hall–Kier alpha value is -0.950. The molecule has 8 heteroatoms. The SMILES string of the molecule is CC(CCl)CS(=O)(=O)Nc1cc(F)c(F)c(F)c1. The number of alkyl halides is 1. The normalized spacial score (nSPS) is 13.4. The number of nitrogens with one attached hydrogen (secondary N) is 1. The largest absolute Gasteiger partial charge is 0.283 e. The molecule has 0 aliphatic carbocycles. The van der Waals surface area contributed by atoms with Gasteiger partial charge in [0.05, 0.1) is 11.4 Å². The molecule has 0 bridgehead atoms. The zero-order valence-electron chi connectivity index (χ0n) is 9.38. The molecule has 1 atom stereocenters. The highest BCUT2D eigenvalue weighted by Gasteiger charge is 2.17. The quantitative estimate of drug-likeness (QED) is 0.671. The Morgan fingerprint density at radius 1 is 1.28 bits per heavy atom. The number of benzene rings is 1. The first-order valence-corrected chi connectivity index (χ1v) is 7.15. The van der Waals surface area contributed by atoms with E-state index in [1.165, 1.54) is 0 Å². The molecule has 3 nitrogen and oxygen atoms in total. The molecule has 18 heavy (non-hydrogen) atoms. The summed E-state index contributed by atoms with van der Waals surface area (Å²) in [6, 6.07) is 1.14. The first-order chi connectivity index (χ1) is 8.25. The van der Waals surface area contributed by atoms with Crippen LogP contribution in [0.25, 0.3) is 0 Å². The van der Waals surface area contributed by atoms with Crippen LogP contribution in [-0.4, -0.2) is 20.1 Å². The van der Waals surface area contributed by atoms with E-state index in [1.807, 2.05) is 4.72 Å². The lowest BCUT2D eigenvalue weighted by Crippen LogP contribution is -2.22. The van der Waals surface area contributed by atoms with Crippen molar-refractivity contribution in [1.82, 2.24) is 0 Å². The van der Waals surface area contributed by atoms with E-state index < -0.39 is 27.5 Å². The maximum absolute atomic E-state index is 12.9. The molecule has 0 aliphatic heterocycles. The predicted octanol–water partition coefficient (Wildman–Crippen LogP) is 2.72. The van der Waals surface area contributed by atoms with Crippen molar-refractivity contribution in [2.45, 2.75) is 6.92 Å². The zero-order valence-corrected chi connectivity index (χ0v) is 11.0. The van der Waals surface area contributed by atoms with Gasteiger partial charge in [0.2, 0.25) is 10.0 Å². The summed E-state index contributed by atoms with van der Waals surface area (Å²) in [4.78, 5) is 0. The van der Waals surface area contributed by atoms with Crippen LogP contribution in [0.5, 0.6) is 0 Å². The summed E-state index contributed by atoms with van der Waals surface area (Å²) < 4.78 is 63.5. The molecule has 1 N–H and O–H groups in total. The Morgan fingerprint density at radius 2 is 1.78 bits per heavy atom. The Balaban J connectivity index is 2.91. The molecule has 0 radical (unpaired) electrons. The van der Waals surface area contributed by atoms with Crippen molar-refractivity contribution in [3.63, 3.8) is 0 Å². The molecule has 0 fully saturated rings. The molecule has 0 aliphatic rings. The van der Waals surface area contributed by atoms with Crippen LogP contribution in [0.1, 0.15) is 6.92 Å². The minimum Gasteiger partial charge on any atom is -0.283 e. The van der Waals surface area contributed by atoms with Crippen LogP contribution in [-0.2, 0) is 10.0 Å². The second-order valence-electron chi connectivity index (χ2n) is 3.90. The van der Waals surface area contributed by atoms with Crippen molar-refractivity contribution in [3.8, 4) is 0 Å². The highest BCUT2D eigenvalue weighted by molar-refractivity contribution is 7.92. The molecular formula is C10H11ClF3NO2S. The van der Waals surface area contributed by atoms with E-state index in [1.54, 1.807) is 6.92 Å². The number of rotatable bonds is 5. The van der Waals surface area contributed by atoms with Crippen molar-refractivity contribution >= 4 is 27.3 Å². The van der Waals surface area contributed by atoms with E-state index in [0.717, 1.165) is 0 Å². The minimum atomic E-state index is -3.78. The standard InChI is InChI=1S/C10H11ClF3NO2S/c1-6(4-11)5-18(16,17)15-7-2-8(12)10(14)9(13)3-7/h2-3,6,15H,4-5H2,1H3. The smallest absolute Gasteiger partial charge is 0.233 e. The van der Waals surface area contributed by atoms with Crippen LogP contribution in [0.3, 0.4) is 0 Å². The van der Waals surface area contributed by atoms with Gasteiger partial charge in [-0.15, -0.1) is 11.6 Å². The predicted molar refractivity (Wildman–Crippen MR) is 63.6 cm³/mol. The van der Waals surface area contributed by atoms with E-state index in [9.17, 15) is 21.6 Å². The Bertz CT molecular complexity index is 513. The molecule has 1 unspecified atom stereocenters. The van der Waals surface area contributed by atoms with Gasteiger partial charge in [-0.1, -0.05) is 6.92 Å². The molecule has 1 aromatic carbocycles. The molecule has 0 spiro atoms. The van der Waals surface area contributed by atoms with E-state index in [2.05, 4.69) is 0 Å². The van der Waals surface area contributed by atoms with Crippen molar-refractivity contribution < 1.29 is 21.6 Å². The van der Waals surface area contributed by atoms with E-state index >= 15 is 0 Å². The summed E-state index contributed by atoms with van der Waals surface area (Å²) in [5, 5.41) is 0. The highest BCUT2D eigenvalue weighted by Crippen LogP contribution is 2.19. The van der Waals surface area contributed by atoms with Crippen LogP contribution >= 0.6 is 11.6 Å².